The van der Waals surface area contributed by atoms with Crippen LogP contribution in [-0.4, -0.2) is 16.6 Å². The zero-order chi connectivity index (χ0) is 15.6. The van der Waals surface area contributed by atoms with Crippen LogP contribution < -0.4 is 5.32 Å². The molecule has 0 saturated heterocycles. The molecule has 0 fully saturated rings. The normalized spacial score (nSPS) is 12.0. The number of fused-ring (bicyclic) bond motifs is 1. The van der Waals surface area contributed by atoms with Gasteiger partial charge in [0.05, 0.1) is 0 Å². The Labute approximate surface area is 127 Å². The molecule has 0 saturated carbocycles. The molecule has 3 nitrogen and oxygen atoms in total. The van der Waals surface area contributed by atoms with Gasteiger partial charge in [-0.05, 0) is 31.9 Å². The van der Waals surface area contributed by atoms with Gasteiger partial charge < -0.3 is 10.4 Å². The number of rotatable bonds is 6. The molecule has 0 aliphatic rings. The van der Waals surface area contributed by atoms with Gasteiger partial charge in [0.15, 0.2) is 0 Å². The van der Waals surface area contributed by atoms with Crippen molar-refractivity contribution in [2.24, 2.45) is 0 Å². The summed E-state index contributed by atoms with van der Waals surface area (Å²) in [5.74, 6) is -1.36. The number of carboxylic acid groups (broad SMARTS) is 1. The van der Waals surface area contributed by atoms with E-state index in [-0.39, 0.29) is 16.2 Å². The molecule has 2 aromatic rings. The fraction of sp³-hybridized carbons (Fsp3) is 0.438. The number of carbonyl (C=O) groups is 1. The van der Waals surface area contributed by atoms with Crippen molar-refractivity contribution in [1.82, 2.24) is 5.32 Å². The van der Waals surface area contributed by atoms with Crippen molar-refractivity contribution in [1.29, 1.82) is 0 Å². The molecule has 0 amide bonds. The lowest BCUT2D eigenvalue weighted by atomic mass is 9.95. The molecule has 0 bridgehead atoms. The van der Waals surface area contributed by atoms with Crippen LogP contribution in [0.15, 0.2) is 18.2 Å². The third kappa shape index (κ3) is 3.09. The van der Waals surface area contributed by atoms with Crippen LogP contribution in [0.4, 0.5) is 4.39 Å². The lowest BCUT2D eigenvalue weighted by molar-refractivity contribution is 0.0701. The molecule has 0 aliphatic heterocycles. The van der Waals surface area contributed by atoms with E-state index in [9.17, 15) is 14.3 Å². The van der Waals surface area contributed by atoms with E-state index >= 15 is 0 Å². The van der Waals surface area contributed by atoms with E-state index in [1.54, 1.807) is 12.1 Å². The molecule has 2 N–H and O–H groups in total. The Morgan fingerprint density at radius 2 is 2.05 bits per heavy atom. The van der Waals surface area contributed by atoms with Gasteiger partial charge >= 0.3 is 5.97 Å². The first-order valence-electron chi connectivity index (χ1n) is 7.10. The van der Waals surface area contributed by atoms with Crippen molar-refractivity contribution in [3.63, 3.8) is 0 Å². The highest BCUT2D eigenvalue weighted by Gasteiger charge is 2.24. The van der Waals surface area contributed by atoms with Crippen molar-refractivity contribution in [2.75, 3.05) is 0 Å². The van der Waals surface area contributed by atoms with E-state index < -0.39 is 5.97 Å². The Balaban J connectivity index is 2.46. The average molecular weight is 309 g/mol. The van der Waals surface area contributed by atoms with Gasteiger partial charge in [0, 0.05) is 27.7 Å². The molecule has 0 radical (unpaired) electrons. The van der Waals surface area contributed by atoms with Gasteiger partial charge in [-0.25, -0.2) is 9.18 Å². The SMILES string of the molecule is CCC(C)(CC)NCc1c(C(=O)O)sc2cccc(F)c12. The third-order valence-electron chi connectivity index (χ3n) is 4.21. The zero-order valence-corrected chi connectivity index (χ0v) is 13.3. The van der Waals surface area contributed by atoms with Crippen molar-refractivity contribution in [2.45, 2.75) is 45.7 Å². The first-order chi connectivity index (χ1) is 9.91. The van der Waals surface area contributed by atoms with Gasteiger partial charge in [0.2, 0.25) is 0 Å². The highest BCUT2D eigenvalue weighted by atomic mass is 32.1. The largest absolute Gasteiger partial charge is 0.477 e. The van der Waals surface area contributed by atoms with Gasteiger partial charge in [-0.15, -0.1) is 11.3 Å². The van der Waals surface area contributed by atoms with Gasteiger partial charge in [0.25, 0.3) is 0 Å². The minimum atomic E-state index is -0.998. The first kappa shape index (κ1) is 15.9. The summed E-state index contributed by atoms with van der Waals surface area (Å²) >= 11 is 1.13. The summed E-state index contributed by atoms with van der Waals surface area (Å²) in [4.78, 5) is 11.6. The summed E-state index contributed by atoms with van der Waals surface area (Å²) in [6.07, 6.45) is 1.85. The Hall–Kier alpha value is -1.46. The molecular formula is C16H20FNO2S. The maximum absolute atomic E-state index is 14.1. The maximum atomic E-state index is 14.1. The summed E-state index contributed by atoms with van der Waals surface area (Å²) in [5, 5.41) is 13.2. The average Bonchev–Trinajstić information content (AvgIpc) is 2.85. The van der Waals surface area contributed by atoms with Crippen LogP contribution in [-0.2, 0) is 6.54 Å². The molecule has 114 valence electrons. The second-order valence-corrected chi connectivity index (χ2v) is 6.50. The van der Waals surface area contributed by atoms with Gasteiger partial charge in [0.1, 0.15) is 10.7 Å². The predicted octanol–water partition coefficient (Wildman–Crippen LogP) is 4.41. The van der Waals surface area contributed by atoms with Crippen LogP contribution in [0.25, 0.3) is 10.1 Å². The fourth-order valence-corrected chi connectivity index (χ4v) is 3.38. The van der Waals surface area contributed by atoms with Crippen LogP contribution in [0.1, 0.15) is 48.8 Å². The standard InChI is InChI=1S/C16H20FNO2S/c1-4-16(3,5-2)18-9-10-13-11(17)7-6-8-12(13)21-14(10)15(19)20/h6-8,18H,4-5,9H2,1-3H3,(H,19,20). The Bertz CT molecular complexity index is 662. The quantitative estimate of drug-likeness (QED) is 0.831. The van der Waals surface area contributed by atoms with Gasteiger partial charge in [-0.2, -0.15) is 0 Å². The Kier molecular flexibility index (Phi) is 4.64. The summed E-state index contributed by atoms with van der Waals surface area (Å²) in [6.45, 7) is 6.63. The monoisotopic (exact) mass is 309 g/mol. The number of nitrogens with one attached hydrogen (secondary N) is 1. The van der Waals surface area contributed by atoms with Crippen molar-refractivity contribution in [3.8, 4) is 0 Å². The smallest absolute Gasteiger partial charge is 0.346 e. The molecule has 0 aliphatic carbocycles. The van der Waals surface area contributed by atoms with Crippen molar-refractivity contribution in [3.05, 3.63) is 34.5 Å². The molecule has 5 heteroatoms. The van der Waals surface area contributed by atoms with E-state index in [0.717, 1.165) is 24.2 Å². The Morgan fingerprint density at radius 3 is 2.62 bits per heavy atom. The van der Waals surface area contributed by atoms with E-state index in [1.165, 1.54) is 6.07 Å². The molecule has 1 aromatic heterocycles. The highest BCUT2D eigenvalue weighted by Crippen LogP contribution is 2.33. The second-order valence-electron chi connectivity index (χ2n) is 5.45. The van der Waals surface area contributed by atoms with Crippen LogP contribution in [0.5, 0.6) is 0 Å². The van der Waals surface area contributed by atoms with E-state index in [2.05, 4.69) is 26.1 Å². The number of aromatic carboxylic acids is 1. The number of benzene rings is 1. The molecule has 2 rings (SSSR count). The predicted molar refractivity (Wildman–Crippen MR) is 84.6 cm³/mol. The number of hydrogen-bond acceptors (Lipinski definition) is 3. The van der Waals surface area contributed by atoms with Crippen LogP contribution in [0, 0.1) is 5.82 Å². The minimum absolute atomic E-state index is 0.0741. The number of hydrogen-bond donors (Lipinski definition) is 2. The summed E-state index contributed by atoms with van der Waals surface area (Å²) < 4.78 is 14.8. The zero-order valence-electron chi connectivity index (χ0n) is 12.5. The molecule has 0 unspecified atom stereocenters. The second kappa shape index (κ2) is 6.12. The molecular weight excluding hydrogens is 289 g/mol. The van der Waals surface area contributed by atoms with Crippen LogP contribution >= 0.6 is 11.3 Å². The van der Waals surface area contributed by atoms with Gasteiger partial charge in [-0.1, -0.05) is 19.9 Å². The topological polar surface area (TPSA) is 49.3 Å². The molecule has 21 heavy (non-hydrogen) atoms. The lowest BCUT2D eigenvalue weighted by Crippen LogP contribution is -2.40. The van der Waals surface area contributed by atoms with E-state index in [4.69, 9.17) is 0 Å². The fourth-order valence-electron chi connectivity index (χ4n) is 2.31. The maximum Gasteiger partial charge on any atom is 0.346 e. The highest BCUT2D eigenvalue weighted by molar-refractivity contribution is 7.21. The summed E-state index contributed by atoms with van der Waals surface area (Å²) in [7, 11) is 0. The Morgan fingerprint density at radius 1 is 1.38 bits per heavy atom. The third-order valence-corrected chi connectivity index (χ3v) is 5.40. The van der Waals surface area contributed by atoms with Crippen molar-refractivity contribution < 1.29 is 14.3 Å². The first-order valence-corrected chi connectivity index (χ1v) is 7.91. The van der Waals surface area contributed by atoms with Crippen molar-refractivity contribution >= 4 is 27.4 Å². The summed E-state index contributed by atoms with van der Waals surface area (Å²) in [5.41, 5.74) is 0.476. The molecule has 0 atom stereocenters. The molecule has 1 heterocycles. The number of halogens is 1. The van der Waals surface area contributed by atoms with E-state index in [1.807, 2.05) is 0 Å². The van der Waals surface area contributed by atoms with E-state index in [0.29, 0.717) is 22.2 Å². The van der Waals surface area contributed by atoms with Crippen LogP contribution in [0.2, 0.25) is 0 Å². The minimum Gasteiger partial charge on any atom is -0.477 e. The molecule has 0 spiro atoms. The number of thiophene rings is 1. The summed E-state index contributed by atoms with van der Waals surface area (Å²) in [6, 6.07) is 4.75. The lowest BCUT2D eigenvalue weighted by Gasteiger charge is -2.28. The van der Waals surface area contributed by atoms with Gasteiger partial charge in [-0.3, -0.25) is 0 Å². The molecule has 1 aromatic carbocycles. The number of carboxylic acids is 1. The van der Waals surface area contributed by atoms with Crippen LogP contribution in [0.3, 0.4) is 0 Å².